The van der Waals surface area contributed by atoms with Crippen LogP contribution in [0.3, 0.4) is 0 Å². The molecule has 2 rings (SSSR count). The predicted molar refractivity (Wildman–Crippen MR) is 62.3 cm³/mol. The minimum Gasteiger partial charge on any atom is -0.393 e. The first-order chi connectivity index (χ1) is 7.40. The molecule has 2 unspecified atom stereocenters. The van der Waals surface area contributed by atoms with Gasteiger partial charge in [0.1, 0.15) is 0 Å². The van der Waals surface area contributed by atoms with Crippen LogP contribution < -0.4 is 0 Å². The van der Waals surface area contributed by atoms with Crippen molar-refractivity contribution in [3.63, 3.8) is 0 Å². The van der Waals surface area contributed by atoms with Crippen LogP contribution in [0.15, 0.2) is 23.1 Å². The molecule has 0 spiro atoms. The molecule has 3 nitrogen and oxygen atoms in total. The molecular weight excluding hydrogens is 224 g/mol. The average molecular weight is 240 g/mol. The molecular formula is C12H16O3S. The largest absolute Gasteiger partial charge is 0.393 e. The Bertz CT molecular complexity index is 503. The number of fused-ring (bicyclic) bond motifs is 1. The molecule has 16 heavy (non-hydrogen) atoms. The van der Waals surface area contributed by atoms with E-state index in [0.29, 0.717) is 11.3 Å². The number of sulfone groups is 1. The highest BCUT2D eigenvalue weighted by Gasteiger charge is 2.34. The summed E-state index contributed by atoms with van der Waals surface area (Å²) in [6, 6.07) is 5.43. The van der Waals surface area contributed by atoms with Gasteiger partial charge in [0.15, 0.2) is 9.84 Å². The van der Waals surface area contributed by atoms with Gasteiger partial charge < -0.3 is 5.11 Å². The Morgan fingerprint density at radius 3 is 2.81 bits per heavy atom. The summed E-state index contributed by atoms with van der Waals surface area (Å²) in [5.41, 5.74) is 1.94. The third kappa shape index (κ3) is 1.99. The minimum atomic E-state index is -3.13. The fourth-order valence-corrected chi connectivity index (χ4v) is 4.21. The van der Waals surface area contributed by atoms with Gasteiger partial charge >= 0.3 is 0 Å². The van der Waals surface area contributed by atoms with Gasteiger partial charge in [-0.3, -0.25) is 0 Å². The van der Waals surface area contributed by atoms with Crippen LogP contribution in [0, 0.1) is 6.92 Å². The molecule has 0 amide bonds. The zero-order valence-corrected chi connectivity index (χ0v) is 10.3. The van der Waals surface area contributed by atoms with Gasteiger partial charge in [0, 0.05) is 5.92 Å². The summed E-state index contributed by atoms with van der Waals surface area (Å²) in [5.74, 6) is 0.0800. The van der Waals surface area contributed by atoms with E-state index in [2.05, 4.69) is 0 Å². The second-order valence-electron chi connectivity index (χ2n) is 4.60. The van der Waals surface area contributed by atoms with E-state index in [9.17, 15) is 13.5 Å². The molecule has 0 saturated heterocycles. The minimum absolute atomic E-state index is 0.0556. The summed E-state index contributed by atoms with van der Waals surface area (Å²) in [4.78, 5) is 0.448. The number of aliphatic hydroxyl groups is 1. The molecule has 88 valence electrons. The van der Waals surface area contributed by atoms with E-state index in [4.69, 9.17) is 0 Å². The van der Waals surface area contributed by atoms with Gasteiger partial charge in [0.05, 0.1) is 16.8 Å². The first-order valence-electron chi connectivity index (χ1n) is 5.41. The smallest absolute Gasteiger partial charge is 0.179 e. The van der Waals surface area contributed by atoms with E-state index >= 15 is 0 Å². The Hall–Kier alpha value is -0.870. The molecule has 1 aliphatic rings. The van der Waals surface area contributed by atoms with Crippen molar-refractivity contribution >= 4 is 9.84 Å². The number of rotatable bonds is 2. The maximum atomic E-state index is 11.9. The maximum Gasteiger partial charge on any atom is 0.179 e. The lowest BCUT2D eigenvalue weighted by atomic mass is 9.94. The topological polar surface area (TPSA) is 54.4 Å². The third-order valence-corrected chi connectivity index (χ3v) is 4.87. The number of aryl methyl sites for hydroxylation is 1. The monoisotopic (exact) mass is 240 g/mol. The number of benzene rings is 1. The van der Waals surface area contributed by atoms with Crippen LogP contribution in [0.25, 0.3) is 0 Å². The van der Waals surface area contributed by atoms with E-state index < -0.39 is 15.9 Å². The molecule has 1 aliphatic heterocycles. The van der Waals surface area contributed by atoms with Gasteiger partial charge in [-0.05, 0) is 31.9 Å². The van der Waals surface area contributed by atoms with Gasteiger partial charge in [0.25, 0.3) is 0 Å². The van der Waals surface area contributed by atoms with E-state index in [1.807, 2.05) is 19.1 Å². The van der Waals surface area contributed by atoms with Crippen molar-refractivity contribution in [1.82, 2.24) is 0 Å². The molecule has 1 aromatic carbocycles. The van der Waals surface area contributed by atoms with Gasteiger partial charge in [-0.15, -0.1) is 0 Å². The Kier molecular flexibility index (Phi) is 2.80. The van der Waals surface area contributed by atoms with Crippen molar-refractivity contribution in [2.45, 2.75) is 37.2 Å². The third-order valence-electron chi connectivity index (χ3n) is 2.99. The quantitative estimate of drug-likeness (QED) is 0.855. The summed E-state index contributed by atoms with van der Waals surface area (Å²) < 4.78 is 23.7. The molecule has 1 heterocycles. The Morgan fingerprint density at radius 1 is 1.50 bits per heavy atom. The standard InChI is InChI=1S/C12H16O3S/c1-8-3-4-12-11(5-8)10(6-9(2)13)7-16(12,14)15/h3-5,9-10,13H,6-7H2,1-2H3. The van der Waals surface area contributed by atoms with Crippen molar-refractivity contribution in [1.29, 1.82) is 0 Å². The molecule has 0 saturated carbocycles. The first-order valence-corrected chi connectivity index (χ1v) is 7.07. The zero-order valence-electron chi connectivity index (χ0n) is 9.47. The van der Waals surface area contributed by atoms with Crippen LogP contribution in [-0.4, -0.2) is 25.4 Å². The molecule has 0 aliphatic carbocycles. The number of hydrogen-bond donors (Lipinski definition) is 1. The Balaban J connectivity index is 2.48. The highest BCUT2D eigenvalue weighted by Crippen LogP contribution is 2.37. The van der Waals surface area contributed by atoms with Crippen molar-refractivity contribution in [3.05, 3.63) is 29.3 Å². The summed E-state index contributed by atoms with van der Waals surface area (Å²) >= 11 is 0. The van der Waals surface area contributed by atoms with E-state index in [1.165, 1.54) is 0 Å². The average Bonchev–Trinajstić information content (AvgIpc) is 2.37. The first kappa shape index (κ1) is 11.6. The van der Waals surface area contributed by atoms with Gasteiger partial charge in [-0.1, -0.05) is 17.7 Å². The van der Waals surface area contributed by atoms with Crippen LogP contribution >= 0.6 is 0 Å². The maximum absolute atomic E-state index is 11.9. The van der Waals surface area contributed by atoms with Crippen LogP contribution in [0.5, 0.6) is 0 Å². The van der Waals surface area contributed by atoms with Crippen LogP contribution in [0.1, 0.15) is 30.4 Å². The van der Waals surface area contributed by atoms with Crippen molar-refractivity contribution in [2.24, 2.45) is 0 Å². The fourth-order valence-electron chi connectivity index (χ4n) is 2.32. The molecule has 0 fully saturated rings. The molecule has 0 aromatic heterocycles. The van der Waals surface area contributed by atoms with E-state index in [-0.39, 0.29) is 11.7 Å². The Labute approximate surface area is 96.0 Å². The number of aliphatic hydroxyl groups excluding tert-OH is 1. The van der Waals surface area contributed by atoms with Gasteiger partial charge in [-0.2, -0.15) is 0 Å². The molecule has 0 radical (unpaired) electrons. The lowest BCUT2D eigenvalue weighted by molar-refractivity contribution is 0.177. The predicted octanol–water partition coefficient (Wildman–Crippen LogP) is 1.64. The second kappa shape index (κ2) is 3.86. The normalized spacial score (nSPS) is 24.1. The molecule has 0 bridgehead atoms. The molecule has 1 N–H and O–H groups in total. The SMILES string of the molecule is Cc1ccc2c(c1)C(CC(C)O)CS2(=O)=O. The van der Waals surface area contributed by atoms with Crippen LogP contribution in [0.4, 0.5) is 0 Å². The lowest BCUT2D eigenvalue weighted by Gasteiger charge is -2.12. The van der Waals surface area contributed by atoms with Crippen molar-refractivity contribution in [3.8, 4) is 0 Å². The summed E-state index contributed by atoms with van der Waals surface area (Å²) in [6.07, 6.45) is 0.0436. The molecule has 2 atom stereocenters. The molecule has 4 heteroatoms. The fraction of sp³-hybridized carbons (Fsp3) is 0.500. The lowest BCUT2D eigenvalue weighted by Crippen LogP contribution is -2.10. The van der Waals surface area contributed by atoms with Crippen LogP contribution in [-0.2, 0) is 9.84 Å². The van der Waals surface area contributed by atoms with Crippen molar-refractivity contribution < 1.29 is 13.5 Å². The van der Waals surface area contributed by atoms with E-state index in [0.717, 1.165) is 11.1 Å². The number of hydrogen-bond acceptors (Lipinski definition) is 3. The van der Waals surface area contributed by atoms with E-state index in [1.54, 1.807) is 13.0 Å². The van der Waals surface area contributed by atoms with Crippen molar-refractivity contribution in [2.75, 3.05) is 5.75 Å². The highest BCUT2D eigenvalue weighted by molar-refractivity contribution is 7.91. The van der Waals surface area contributed by atoms with Crippen LogP contribution in [0.2, 0.25) is 0 Å². The second-order valence-corrected chi connectivity index (χ2v) is 6.61. The zero-order chi connectivity index (χ0) is 11.9. The van der Waals surface area contributed by atoms with Gasteiger partial charge in [-0.25, -0.2) is 8.42 Å². The summed E-state index contributed by atoms with van der Waals surface area (Å²) in [6.45, 7) is 3.64. The van der Waals surface area contributed by atoms with Gasteiger partial charge in [0.2, 0.25) is 0 Å². The Morgan fingerprint density at radius 2 is 2.19 bits per heavy atom. The summed E-state index contributed by atoms with van der Waals surface area (Å²) in [7, 11) is -3.13. The highest BCUT2D eigenvalue weighted by atomic mass is 32.2. The molecule has 1 aromatic rings. The summed E-state index contributed by atoms with van der Waals surface area (Å²) in [5, 5.41) is 9.38.